The summed E-state index contributed by atoms with van der Waals surface area (Å²) in [6, 6.07) is 15.0. The molecule has 2 aromatic carbocycles. The molecule has 0 aliphatic carbocycles. The number of pyridine rings is 1. The van der Waals surface area contributed by atoms with Gasteiger partial charge in [-0.1, -0.05) is 29.8 Å². The maximum Gasteiger partial charge on any atom is 0.132 e. The molecule has 0 aliphatic heterocycles. The van der Waals surface area contributed by atoms with E-state index in [9.17, 15) is 9.50 Å². The number of phenols is 1. The Bertz CT molecular complexity index is 1130. The molecule has 0 amide bonds. The Kier molecular flexibility index (Phi) is 5.95. The van der Waals surface area contributed by atoms with Gasteiger partial charge in [0.15, 0.2) is 0 Å². The van der Waals surface area contributed by atoms with Crippen LogP contribution in [0, 0.1) is 5.82 Å². The predicted molar refractivity (Wildman–Crippen MR) is 117 cm³/mol. The first-order valence-electron chi connectivity index (χ1n) is 9.56. The zero-order valence-corrected chi connectivity index (χ0v) is 16.9. The van der Waals surface area contributed by atoms with Gasteiger partial charge in [-0.3, -0.25) is 0 Å². The number of para-hydroxylation sites is 1. The first-order valence-corrected chi connectivity index (χ1v) is 9.94. The molecule has 0 spiro atoms. The summed E-state index contributed by atoms with van der Waals surface area (Å²) in [5.74, 6) is 0.270. The molecule has 152 valence electrons. The number of imidazole rings is 1. The molecule has 2 heterocycles. The van der Waals surface area contributed by atoms with Crippen LogP contribution in [0.15, 0.2) is 73.3 Å². The van der Waals surface area contributed by atoms with Crippen molar-refractivity contribution in [2.75, 3.05) is 11.9 Å². The Morgan fingerprint density at radius 3 is 2.73 bits per heavy atom. The second-order valence-electron chi connectivity index (χ2n) is 6.82. The lowest BCUT2D eigenvalue weighted by Crippen LogP contribution is -2.07. The topological polar surface area (TPSA) is 63.0 Å². The highest BCUT2D eigenvalue weighted by molar-refractivity contribution is 6.33. The van der Waals surface area contributed by atoms with Crippen LogP contribution in [-0.4, -0.2) is 26.2 Å². The second kappa shape index (κ2) is 8.97. The third-order valence-corrected chi connectivity index (χ3v) is 5.03. The number of hydrogen-bond donors (Lipinski definition) is 2. The van der Waals surface area contributed by atoms with E-state index in [1.165, 1.54) is 6.07 Å². The highest BCUT2D eigenvalue weighted by Crippen LogP contribution is 2.36. The van der Waals surface area contributed by atoms with Crippen molar-refractivity contribution < 1.29 is 9.50 Å². The fourth-order valence-corrected chi connectivity index (χ4v) is 3.54. The van der Waals surface area contributed by atoms with Gasteiger partial charge in [0.05, 0.1) is 17.0 Å². The molecule has 2 N–H and O–H groups in total. The molecular weight excluding hydrogens is 403 g/mol. The van der Waals surface area contributed by atoms with Gasteiger partial charge in [-0.25, -0.2) is 14.4 Å². The van der Waals surface area contributed by atoms with Crippen LogP contribution in [0.3, 0.4) is 0 Å². The lowest BCUT2D eigenvalue weighted by Gasteiger charge is -2.13. The van der Waals surface area contributed by atoms with Crippen molar-refractivity contribution in [2.24, 2.45) is 0 Å². The predicted octanol–water partition coefficient (Wildman–Crippen LogP) is 5.61. The van der Waals surface area contributed by atoms with Gasteiger partial charge < -0.3 is 15.0 Å². The number of aryl methyl sites for hydroxylation is 1. The molecule has 0 atom stereocenters. The largest absolute Gasteiger partial charge is 0.507 e. The van der Waals surface area contributed by atoms with Crippen molar-refractivity contribution in [3.8, 4) is 28.1 Å². The van der Waals surface area contributed by atoms with E-state index in [2.05, 4.69) is 15.3 Å². The maximum absolute atomic E-state index is 14.6. The Morgan fingerprint density at radius 2 is 1.97 bits per heavy atom. The normalized spacial score (nSPS) is 10.9. The molecule has 4 aromatic rings. The first kappa shape index (κ1) is 19.9. The molecule has 0 unspecified atom stereocenters. The van der Waals surface area contributed by atoms with Crippen LogP contribution in [0.25, 0.3) is 22.4 Å². The number of nitrogens with zero attached hydrogens (tertiary/aromatic N) is 3. The molecule has 30 heavy (non-hydrogen) atoms. The Hall–Kier alpha value is -3.38. The summed E-state index contributed by atoms with van der Waals surface area (Å²) in [6.45, 7) is 1.48. The van der Waals surface area contributed by atoms with Gasteiger partial charge in [0.2, 0.25) is 0 Å². The van der Waals surface area contributed by atoms with Crippen LogP contribution in [0.2, 0.25) is 5.02 Å². The van der Waals surface area contributed by atoms with E-state index in [4.69, 9.17) is 11.6 Å². The molecule has 5 nitrogen and oxygen atoms in total. The maximum atomic E-state index is 14.6. The number of halogens is 2. The van der Waals surface area contributed by atoms with Crippen molar-refractivity contribution in [2.45, 2.75) is 13.0 Å². The van der Waals surface area contributed by atoms with Crippen LogP contribution in [0.1, 0.15) is 6.42 Å². The van der Waals surface area contributed by atoms with Gasteiger partial charge in [0.1, 0.15) is 17.4 Å². The minimum atomic E-state index is -0.414. The fourth-order valence-electron chi connectivity index (χ4n) is 3.26. The average Bonchev–Trinajstić information content (AvgIpc) is 3.25. The van der Waals surface area contributed by atoms with Crippen molar-refractivity contribution in [1.29, 1.82) is 0 Å². The number of phenolic OH excluding ortho intramolecular Hbond substituents is 1. The van der Waals surface area contributed by atoms with Crippen LogP contribution in [0.4, 0.5) is 10.2 Å². The van der Waals surface area contributed by atoms with Crippen LogP contribution in [0.5, 0.6) is 5.75 Å². The summed E-state index contributed by atoms with van der Waals surface area (Å²) in [5.41, 5.74) is 1.98. The van der Waals surface area contributed by atoms with Crippen molar-refractivity contribution in [3.05, 3.63) is 84.2 Å². The SMILES string of the molecule is Oc1ccccc1-c1cc(-c2c(F)cccc2Cl)cc(NCCCn2ccnc2)n1. The zero-order chi connectivity index (χ0) is 20.9. The number of rotatable bonds is 7. The summed E-state index contributed by atoms with van der Waals surface area (Å²) in [6.07, 6.45) is 6.29. The number of hydrogen-bond acceptors (Lipinski definition) is 4. The number of anilines is 1. The minimum absolute atomic E-state index is 0.104. The highest BCUT2D eigenvalue weighted by atomic mass is 35.5. The third-order valence-electron chi connectivity index (χ3n) is 4.72. The van der Waals surface area contributed by atoms with Gasteiger partial charge >= 0.3 is 0 Å². The molecule has 0 saturated carbocycles. The molecule has 2 aromatic heterocycles. The molecule has 4 rings (SSSR count). The van der Waals surface area contributed by atoms with Crippen LogP contribution < -0.4 is 5.32 Å². The van der Waals surface area contributed by atoms with E-state index < -0.39 is 5.82 Å². The number of nitrogens with one attached hydrogen (secondary N) is 1. The monoisotopic (exact) mass is 422 g/mol. The fraction of sp³-hybridized carbons (Fsp3) is 0.130. The van der Waals surface area contributed by atoms with Crippen LogP contribution in [-0.2, 0) is 6.54 Å². The van der Waals surface area contributed by atoms with Gasteiger partial charge in [-0.15, -0.1) is 0 Å². The molecule has 7 heteroatoms. The van der Waals surface area contributed by atoms with Gasteiger partial charge in [-0.05, 0) is 48.4 Å². The van der Waals surface area contributed by atoms with E-state index in [1.54, 1.807) is 55.0 Å². The van der Waals surface area contributed by atoms with E-state index in [0.717, 1.165) is 13.0 Å². The molecule has 0 bridgehead atoms. The minimum Gasteiger partial charge on any atom is -0.507 e. The summed E-state index contributed by atoms with van der Waals surface area (Å²) in [4.78, 5) is 8.66. The third kappa shape index (κ3) is 4.44. The van der Waals surface area contributed by atoms with Crippen molar-refractivity contribution in [3.63, 3.8) is 0 Å². The van der Waals surface area contributed by atoms with E-state index in [1.807, 2.05) is 16.8 Å². The first-order chi connectivity index (χ1) is 14.6. The summed E-state index contributed by atoms with van der Waals surface area (Å²) >= 11 is 6.29. The molecule has 0 saturated heterocycles. The molecule has 0 radical (unpaired) electrons. The number of aromatic hydroxyl groups is 1. The zero-order valence-electron chi connectivity index (χ0n) is 16.1. The lowest BCUT2D eigenvalue weighted by molar-refractivity contribution is 0.477. The average molecular weight is 423 g/mol. The summed E-state index contributed by atoms with van der Waals surface area (Å²) in [7, 11) is 0. The second-order valence-corrected chi connectivity index (χ2v) is 7.23. The van der Waals surface area contributed by atoms with Gasteiger partial charge in [0, 0.05) is 36.6 Å². The molecular formula is C23H20ClFN4O. The van der Waals surface area contributed by atoms with Gasteiger partial charge in [0.25, 0.3) is 0 Å². The van der Waals surface area contributed by atoms with Crippen LogP contribution >= 0.6 is 11.6 Å². The Morgan fingerprint density at radius 1 is 1.10 bits per heavy atom. The summed E-state index contributed by atoms with van der Waals surface area (Å²) in [5, 5.41) is 13.9. The van der Waals surface area contributed by atoms with Gasteiger partial charge in [-0.2, -0.15) is 0 Å². The summed E-state index contributed by atoms with van der Waals surface area (Å²) < 4.78 is 16.6. The molecule has 0 aliphatic rings. The Balaban J connectivity index is 1.66. The number of benzene rings is 2. The Labute approximate surface area is 178 Å². The quantitative estimate of drug-likeness (QED) is 0.380. The van der Waals surface area contributed by atoms with E-state index in [-0.39, 0.29) is 5.75 Å². The lowest BCUT2D eigenvalue weighted by atomic mass is 10.0. The van der Waals surface area contributed by atoms with Crippen molar-refractivity contribution >= 4 is 17.4 Å². The van der Waals surface area contributed by atoms with E-state index in [0.29, 0.717) is 39.8 Å². The highest BCUT2D eigenvalue weighted by Gasteiger charge is 2.14. The number of aromatic nitrogens is 3. The smallest absolute Gasteiger partial charge is 0.132 e. The van der Waals surface area contributed by atoms with E-state index >= 15 is 0 Å². The molecule has 0 fully saturated rings. The van der Waals surface area contributed by atoms with Crippen molar-refractivity contribution in [1.82, 2.24) is 14.5 Å². The standard InChI is InChI=1S/C23H20ClFN4O/c24-18-6-3-7-19(25)23(18)16-13-20(17-5-1-2-8-21(17)30)28-22(14-16)27-9-4-11-29-12-10-26-15-29/h1-3,5-8,10,12-15,30H,4,9,11H2,(H,27,28).